The van der Waals surface area contributed by atoms with Crippen molar-refractivity contribution in [3.63, 3.8) is 0 Å². The van der Waals surface area contributed by atoms with Gasteiger partial charge in [-0.2, -0.15) is 5.26 Å². The van der Waals surface area contributed by atoms with Crippen LogP contribution in [0.4, 0.5) is 0 Å². The summed E-state index contributed by atoms with van der Waals surface area (Å²) in [5.41, 5.74) is -0.0691. The number of hydrogen-bond acceptors (Lipinski definition) is 3. The molecule has 2 heterocycles. The molecule has 0 aromatic rings. The van der Waals surface area contributed by atoms with Gasteiger partial charge in [-0.3, -0.25) is 0 Å². The van der Waals surface area contributed by atoms with Crippen LogP contribution in [0, 0.1) is 22.7 Å². The molecule has 0 atom stereocenters. The van der Waals surface area contributed by atoms with Gasteiger partial charge in [-0.1, -0.05) is 0 Å². The summed E-state index contributed by atoms with van der Waals surface area (Å²) in [5, 5.41) is 12.7. The number of nitrogens with one attached hydrogen (secondary N) is 1. The van der Waals surface area contributed by atoms with Crippen LogP contribution in [0.1, 0.15) is 25.7 Å². The van der Waals surface area contributed by atoms with E-state index in [2.05, 4.69) is 11.4 Å². The Labute approximate surface area is 97.6 Å². The normalized spacial score (nSPS) is 26.3. The van der Waals surface area contributed by atoms with Crippen molar-refractivity contribution in [1.82, 2.24) is 5.32 Å². The molecule has 15 heavy (non-hydrogen) atoms. The first kappa shape index (κ1) is 12.8. The number of hydrogen-bond donors (Lipinski definition) is 1. The Morgan fingerprint density at radius 1 is 1.20 bits per heavy atom. The zero-order valence-electron chi connectivity index (χ0n) is 9.00. The van der Waals surface area contributed by atoms with Gasteiger partial charge < -0.3 is 10.1 Å². The lowest BCUT2D eigenvalue weighted by atomic mass is 9.67. The summed E-state index contributed by atoms with van der Waals surface area (Å²) in [4.78, 5) is 0. The first-order chi connectivity index (χ1) is 6.87. The Morgan fingerprint density at radius 2 is 1.80 bits per heavy atom. The first-order valence-electron chi connectivity index (χ1n) is 5.57. The molecule has 0 radical (unpaired) electrons. The third-order valence-electron chi connectivity index (χ3n) is 3.73. The average Bonchev–Trinajstić information content (AvgIpc) is 2.31. The number of nitrogens with zero attached hydrogens (tertiary/aromatic N) is 1. The molecule has 0 bridgehead atoms. The highest BCUT2D eigenvalue weighted by Crippen LogP contribution is 2.41. The van der Waals surface area contributed by atoms with Gasteiger partial charge in [0.05, 0.1) is 11.5 Å². The van der Waals surface area contributed by atoms with Crippen LogP contribution in [0.5, 0.6) is 0 Å². The van der Waals surface area contributed by atoms with Crippen molar-refractivity contribution < 1.29 is 4.74 Å². The minimum atomic E-state index is -0.0691. The van der Waals surface area contributed by atoms with Crippen molar-refractivity contribution >= 4 is 12.4 Å². The van der Waals surface area contributed by atoms with Crippen molar-refractivity contribution in [2.45, 2.75) is 25.7 Å². The lowest BCUT2D eigenvalue weighted by Gasteiger charge is -2.40. The molecule has 2 saturated heterocycles. The number of halogens is 1. The SMILES string of the molecule is Cl.N#CC1(C2CCNCC2)CCOCC1. The van der Waals surface area contributed by atoms with Gasteiger partial charge in [-0.25, -0.2) is 0 Å². The summed E-state index contributed by atoms with van der Waals surface area (Å²) in [6, 6.07) is 2.58. The molecular formula is C11H19ClN2O. The van der Waals surface area contributed by atoms with E-state index in [1.54, 1.807) is 0 Å². The van der Waals surface area contributed by atoms with Crippen molar-refractivity contribution in [2.24, 2.45) is 11.3 Å². The van der Waals surface area contributed by atoms with E-state index in [-0.39, 0.29) is 17.8 Å². The van der Waals surface area contributed by atoms with Gasteiger partial charge in [0.1, 0.15) is 0 Å². The maximum absolute atomic E-state index is 9.37. The summed E-state index contributed by atoms with van der Waals surface area (Å²) in [6.45, 7) is 3.71. The molecule has 0 saturated carbocycles. The molecule has 0 aliphatic carbocycles. The van der Waals surface area contributed by atoms with Gasteiger partial charge >= 0.3 is 0 Å². The lowest BCUT2D eigenvalue weighted by molar-refractivity contribution is 0.00566. The van der Waals surface area contributed by atoms with Gasteiger partial charge in [0.15, 0.2) is 0 Å². The van der Waals surface area contributed by atoms with Crippen LogP contribution >= 0.6 is 12.4 Å². The minimum absolute atomic E-state index is 0. The van der Waals surface area contributed by atoms with Gasteiger partial charge in [0.2, 0.25) is 0 Å². The molecule has 2 aliphatic heterocycles. The van der Waals surface area contributed by atoms with Crippen LogP contribution in [-0.2, 0) is 4.74 Å². The highest BCUT2D eigenvalue weighted by Gasteiger charge is 2.40. The fourth-order valence-corrected chi connectivity index (χ4v) is 2.72. The van der Waals surface area contributed by atoms with Crippen molar-refractivity contribution in [3.8, 4) is 6.07 Å². The van der Waals surface area contributed by atoms with Crippen molar-refractivity contribution in [1.29, 1.82) is 5.26 Å². The van der Waals surface area contributed by atoms with Crippen LogP contribution in [0.25, 0.3) is 0 Å². The predicted octanol–water partition coefficient (Wildman–Crippen LogP) is 1.73. The topological polar surface area (TPSA) is 45.0 Å². The molecule has 0 amide bonds. The van der Waals surface area contributed by atoms with Gasteiger partial charge in [0, 0.05) is 13.2 Å². The maximum atomic E-state index is 9.37. The van der Waals surface area contributed by atoms with E-state index in [9.17, 15) is 5.26 Å². The van der Waals surface area contributed by atoms with E-state index in [1.165, 1.54) is 0 Å². The molecule has 2 rings (SSSR count). The highest BCUT2D eigenvalue weighted by molar-refractivity contribution is 5.85. The summed E-state index contributed by atoms with van der Waals surface area (Å²) in [7, 11) is 0. The Hall–Kier alpha value is -0.300. The lowest BCUT2D eigenvalue weighted by Crippen LogP contribution is -2.41. The molecule has 0 spiro atoms. The zero-order valence-corrected chi connectivity index (χ0v) is 9.81. The van der Waals surface area contributed by atoms with Crippen LogP contribution in [0.15, 0.2) is 0 Å². The van der Waals surface area contributed by atoms with Gasteiger partial charge in [-0.05, 0) is 44.7 Å². The second-order valence-corrected chi connectivity index (χ2v) is 4.40. The summed E-state index contributed by atoms with van der Waals surface area (Å²) in [5.74, 6) is 0.595. The van der Waals surface area contributed by atoms with E-state index < -0.39 is 0 Å². The summed E-state index contributed by atoms with van der Waals surface area (Å²) < 4.78 is 5.35. The molecule has 2 aliphatic rings. The molecule has 2 fully saturated rings. The molecule has 0 aromatic heterocycles. The first-order valence-corrected chi connectivity index (χ1v) is 5.57. The zero-order chi connectivity index (χ0) is 9.86. The fraction of sp³-hybridized carbons (Fsp3) is 0.909. The third-order valence-corrected chi connectivity index (χ3v) is 3.73. The van der Waals surface area contributed by atoms with E-state index in [0.29, 0.717) is 5.92 Å². The Balaban J connectivity index is 0.00000112. The summed E-state index contributed by atoms with van der Waals surface area (Å²) >= 11 is 0. The molecule has 3 nitrogen and oxygen atoms in total. The third kappa shape index (κ3) is 2.63. The molecule has 0 unspecified atom stereocenters. The smallest absolute Gasteiger partial charge is 0.0694 e. The Morgan fingerprint density at radius 3 is 2.33 bits per heavy atom. The van der Waals surface area contributed by atoms with Crippen LogP contribution < -0.4 is 5.32 Å². The molecule has 4 heteroatoms. The maximum Gasteiger partial charge on any atom is 0.0694 e. The quantitative estimate of drug-likeness (QED) is 0.746. The van der Waals surface area contributed by atoms with E-state index >= 15 is 0 Å². The summed E-state index contributed by atoms with van der Waals surface area (Å²) in [6.07, 6.45) is 4.20. The largest absolute Gasteiger partial charge is 0.381 e. The second-order valence-electron chi connectivity index (χ2n) is 4.40. The Kier molecular flexibility index (Phi) is 4.85. The Bertz CT molecular complexity index is 227. The minimum Gasteiger partial charge on any atom is -0.381 e. The average molecular weight is 231 g/mol. The highest BCUT2D eigenvalue weighted by atomic mass is 35.5. The van der Waals surface area contributed by atoms with Crippen LogP contribution in [0.2, 0.25) is 0 Å². The molecule has 0 aromatic carbocycles. The fourth-order valence-electron chi connectivity index (χ4n) is 2.72. The molecular weight excluding hydrogens is 212 g/mol. The van der Waals surface area contributed by atoms with Crippen molar-refractivity contribution in [3.05, 3.63) is 0 Å². The number of ether oxygens (including phenoxy) is 1. The monoisotopic (exact) mass is 230 g/mol. The number of nitriles is 1. The van der Waals surface area contributed by atoms with Crippen molar-refractivity contribution in [2.75, 3.05) is 26.3 Å². The van der Waals surface area contributed by atoms with E-state index in [0.717, 1.165) is 52.0 Å². The molecule has 1 N–H and O–H groups in total. The van der Waals surface area contributed by atoms with Gasteiger partial charge in [0.25, 0.3) is 0 Å². The number of rotatable bonds is 1. The van der Waals surface area contributed by atoms with Crippen LogP contribution in [-0.4, -0.2) is 26.3 Å². The molecule has 86 valence electrons. The van der Waals surface area contributed by atoms with E-state index in [1.807, 2.05) is 0 Å². The van der Waals surface area contributed by atoms with Gasteiger partial charge in [-0.15, -0.1) is 12.4 Å². The number of piperidine rings is 1. The van der Waals surface area contributed by atoms with E-state index in [4.69, 9.17) is 4.74 Å². The standard InChI is InChI=1S/C11H18N2O.ClH/c12-9-11(3-7-14-8-4-11)10-1-5-13-6-2-10;/h10,13H,1-8H2;1H. The second kappa shape index (κ2) is 5.69. The van der Waals surface area contributed by atoms with Crippen LogP contribution in [0.3, 0.4) is 0 Å². The predicted molar refractivity (Wildman–Crippen MR) is 60.9 cm³/mol.